The van der Waals surface area contributed by atoms with Crippen LogP contribution in [0.25, 0.3) is 0 Å². The maximum atomic E-state index is 12.4. The van der Waals surface area contributed by atoms with E-state index in [9.17, 15) is 13.6 Å². The van der Waals surface area contributed by atoms with Gasteiger partial charge in [-0.05, 0) is 18.8 Å². The molecule has 0 atom stereocenters. The molecule has 0 aromatic rings. The number of carbonyl (C=O) groups is 1. The van der Waals surface area contributed by atoms with Gasteiger partial charge in [-0.3, -0.25) is 0 Å². The minimum Gasteiger partial charge on any atom is -0.461 e. The average molecular weight is 206 g/mol. The van der Waals surface area contributed by atoms with Crippen LogP contribution in [0.15, 0.2) is 0 Å². The molecule has 1 saturated carbocycles. The van der Waals surface area contributed by atoms with E-state index >= 15 is 0 Å². The standard InChI is InChI=1S/C10H16F2O2/c1-10(11,12)9(13)14-7-8-5-3-2-4-6-8/h8H,2-7H2,1H3. The molecule has 1 aliphatic rings. The van der Waals surface area contributed by atoms with Crippen LogP contribution < -0.4 is 0 Å². The van der Waals surface area contributed by atoms with E-state index in [1.807, 2.05) is 0 Å². The Hall–Kier alpha value is -0.670. The Labute approximate surface area is 82.6 Å². The first kappa shape index (κ1) is 11.4. The van der Waals surface area contributed by atoms with E-state index in [2.05, 4.69) is 4.74 Å². The van der Waals surface area contributed by atoms with E-state index in [0.717, 1.165) is 25.7 Å². The zero-order valence-electron chi connectivity index (χ0n) is 8.39. The summed E-state index contributed by atoms with van der Waals surface area (Å²) >= 11 is 0. The summed E-state index contributed by atoms with van der Waals surface area (Å²) < 4.78 is 29.3. The highest BCUT2D eigenvalue weighted by Crippen LogP contribution is 2.24. The number of esters is 1. The van der Waals surface area contributed by atoms with Crippen LogP contribution in [-0.4, -0.2) is 18.5 Å². The lowest BCUT2D eigenvalue weighted by Gasteiger charge is -2.21. The first-order valence-corrected chi connectivity index (χ1v) is 5.05. The molecule has 0 N–H and O–H groups in total. The van der Waals surface area contributed by atoms with Gasteiger partial charge < -0.3 is 4.74 Å². The molecule has 14 heavy (non-hydrogen) atoms. The van der Waals surface area contributed by atoms with Crippen LogP contribution in [0.1, 0.15) is 39.0 Å². The Balaban J connectivity index is 2.22. The molecule has 1 rings (SSSR count). The molecule has 0 bridgehead atoms. The van der Waals surface area contributed by atoms with Crippen molar-refractivity contribution >= 4 is 5.97 Å². The molecule has 0 heterocycles. The molecule has 0 radical (unpaired) electrons. The van der Waals surface area contributed by atoms with E-state index in [4.69, 9.17) is 0 Å². The molecular formula is C10H16F2O2. The van der Waals surface area contributed by atoms with Crippen molar-refractivity contribution in [1.82, 2.24) is 0 Å². The molecule has 4 heteroatoms. The number of halogens is 2. The van der Waals surface area contributed by atoms with Crippen molar-refractivity contribution in [3.63, 3.8) is 0 Å². The molecular weight excluding hydrogens is 190 g/mol. The summed E-state index contributed by atoms with van der Waals surface area (Å²) in [7, 11) is 0. The van der Waals surface area contributed by atoms with Crippen LogP contribution in [0.4, 0.5) is 8.78 Å². The minimum absolute atomic E-state index is 0.155. The fourth-order valence-corrected chi connectivity index (χ4v) is 1.67. The van der Waals surface area contributed by atoms with Gasteiger partial charge in [0.15, 0.2) is 0 Å². The fourth-order valence-electron chi connectivity index (χ4n) is 1.67. The van der Waals surface area contributed by atoms with Crippen LogP contribution in [0, 0.1) is 5.92 Å². The predicted octanol–water partition coefficient (Wildman–Crippen LogP) is 2.77. The van der Waals surface area contributed by atoms with Gasteiger partial charge in [0.25, 0.3) is 0 Å². The summed E-state index contributed by atoms with van der Waals surface area (Å²) in [6.07, 6.45) is 5.41. The predicted molar refractivity (Wildman–Crippen MR) is 48.2 cm³/mol. The van der Waals surface area contributed by atoms with Crippen LogP contribution in [0.3, 0.4) is 0 Å². The third-order valence-corrected chi connectivity index (χ3v) is 2.53. The zero-order chi connectivity index (χ0) is 10.6. The van der Waals surface area contributed by atoms with Crippen molar-refractivity contribution in [2.45, 2.75) is 45.0 Å². The van der Waals surface area contributed by atoms with Crippen LogP contribution >= 0.6 is 0 Å². The van der Waals surface area contributed by atoms with E-state index < -0.39 is 11.9 Å². The van der Waals surface area contributed by atoms with E-state index in [0.29, 0.717) is 6.92 Å². The van der Waals surface area contributed by atoms with Gasteiger partial charge in [-0.1, -0.05) is 19.3 Å². The molecule has 0 aliphatic heterocycles. The molecule has 1 aliphatic carbocycles. The molecule has 0 spiro atoms. The average Bonchev–Trinajstić information content (AvgIpc) is 2.14. The highest BCUT2D eigenvalue weighted by atomic mass is 19.3. The number of carbonyl (C=O) groups excluding carboxylic acids is 1. The van der Waals surface area contributed by atoms with Gasteiger partial charge in [0, 0.05) is 6.92 Å². The summed E-state index contributed by atoms with van der Waals surface area (Å²) in [5.74, 6) is -4.47. The Morgan fingerprint density at radius 2 is 1.93 bits per heavy atom. The first-order chi connectivity index (χ1) is 6.50. The van der Waals surface area contributed by atoms with Crippen LogP contribution in [0.2, 0.25) is 0 Å². The molecule has 2 nitrogen and oxygen atoms in total. The second-order valence-corrected chi connectivity index (χ2v) is 3.99. The van der Waals surface area contributed by atoms with E-state index in [-0.39, 0.29) is 12.5 Å². The topological polar surface area (TPSA) is 26.3 Å². The summed E-state index contributed by atoms with van der Waals surface area (Å²) in [5, 5.41) is 0. The number of alkyl halides is 2. The van der Waals surface area contributed by atoms with Crippen molar-refractivity contribution in [2.75, 3.05) is 6.61 Å². The SMILES string of the molecule is CC(F)(F)C(=O)OCC1CCCCC1. The first-order valence-electron chi connectivity index (χ1n) is 5.05. The molecule has 0 amide bonds. The summed E-state index contributed by atoms with van der Waals surface area (Å²) in [5.41, 5.74) is 0. The van der Waals surface area contributed by atoms with Gasteiger partial charge in [-0.2, -0.15) is 8.78 Å². The normalized spacial score (nSPS) is 19.4. The molecule has 0 aromatic heterocycles. The number of hydrogen-bond acceptors (Lipinski definition) is 2. The van der Waals surface area contributed by atoms with Crippen molar-refractivity contribution in [1.29, 1.82) is 0 Å². The second kappa shape index (κ2) is 4.71. The molecule has 1 fully saturated rings. The Bertz CT molecular complexity index is 193. The minimum atomic E-state index is -3.35. The fraction of sp³-hybridized carbons (Fsp3) is 0.900. The summed E-state index contributed by atoms with van der Waals surface area (Å²) in [6.45, 7) is 0.721. The summed E-state index contributed by atoms with van der Waals surface area (Å²) in [6, 6.07) is 0. The van der Waals surface area contributed by atoms with E-state index in [1.54, 1.807) is 0 Å². The third-order valence-electron chi connectivity index (χ3n) is 2.53. The lowest BCUT2D eigenvalue weighted by atomic mass is 9.90. The third kappa shape index (κ3) is 3.60. The molecule has 0 aromatic carbocycles. The molecule has 0 saturated heterocycles. The van der Waals surface area contributed by atoms with Gasteiger partial charge in [-0.25, -0.2) is 4.79 Å². The zero-order valence-corrected chi connectivity index (χ0v) is 8.39. The van der Waals surface area contributed by atoms with Crippen molar-refractivity contribution < 1.29 is 18.3 Å². The van der Waals surface area contributed by atoms with Gasteiger partial charge in [0.05, 0.1) is 6.61 Å². The largest absolute Gasteiger partial charge is 0.461 e. The molecule has 0 unspecified atom stereocenters. The van der Waals surface area contributed by atoms with Gasteiger partial charge in [-0.15, -0.1) is 0 Å². The maximum absolute atomic E-state index is 12.4. The quantitative estimate of drug-likeness (QED) is 0.664. The Kier molecular flexibility index (Phi) is 3.84. The highest BCUT2D eigenvalue weighted by Gasteiger charge is 2.34. The number of rotatable bonds is 3. The smallest absolute Gasteiger partial charge is 0.376 e. The second-order valence-electron chi connectivity index (χ2n) is 3.99. The van der Waals surface area contributed by atoms with Gasteiger partial charge >= 0.3 is 11.9 Å². The maximum Gasteiger partial charge on any atom is 0.376 e. The Morgan fingerprint density at radius 3 is 2.43 bits per heavy atom. The van der Waals surface area contributed by atoms with Gasteiger partial charge in [0.1, 0.15) is 0 Å². The molecule has 82 valence electrons. The van der Waals surface area contributed by atoms with Crippen LogP contribution in [0.5, 0.6) is 0 Å². The monoisotopic (exact) mass is 206 g/mol. The lowest BCUT2D eigenvalue weighted by molar-refractivity contribution is -0.170. The highest BCUT2D eigenvalue weighted by molar-refractivity contribution is 5.76. The summed E-state index contributed by atoms with van der Waals surface area (Å²) in [4.78, 5) is 10.7. The van der Waals surface area contributed by atoms with Crippen molar-refractivity contribution in [3.05, 3.63) is 0 Å². The Morgan fingerprint density at radius 1 is 1.36 bits per heavy atom. The van der Waals surface area contributed by atoms with Gasteiger partial charge in [0.2, 0.25) is 0 Å². The van der Waals surface area contributed by atoms with Crippen LogP contribution in [-0.2, 0) is 9.53 Å². The van der Waals surface area contributed by atoms with E-state index in [1.165, 1.54) is 6.42 Å². The number of ether oxygens (including phenoxy) is 1. The lowest BCUT2D eigenvalue weighted by Crippen LogP contribution is -2.29. The number of hydrogen-bond donors (Lipinski definition) is 0. The van der Waals surface area contributed by atoms with Crippen molar-refractivity contribution in [2.24, 2.45) is 5.92 Å². The van der Waals surface area contributed by atoms with Crippen molar-refractivity contribution in [3.8, 4) is 0 Å².